The molecule has 1 aromatic carbocycles. The number of carbonyl (C=O) groups excluding carboxylic acids is 1. The molecule has 4 N–H and O–H groups in total. The van der Waals surface area contributed by atoms with Gasteiger partial charge in [-0.25, -0.2) is 0 Å². The molecule has 1 atom stereocenters. The van der Waals surface area contributed by atoms with E-state index in [1.54, 1.807) is 0 Å². The Morgan fingerprint density at radius 2 is 2.00 bits per heavy atom. The van der Waals surface area contributed by atoms with E-state index in [-0.39, 0.29) is 42.2 Å². The lowest BCUT2D eigenvalue weighted by Crippen LogP contribution is -2.42. The first kappa shape index (κ1) is 14.6. The van der Waals surface area contributed by atoms with Crippen LogP contribution in [0.2, 0.25) is 0 Å². The Bertz CT molecular complexity index is 452. The Morgan fingerprint density at radius 3 is 2.55 bits per heavy atom. The van der Waals surface area contributed by atoms with Crippen LogP contribution in [-0.2, 0) is 0 Å². The predicted octanol–water partition coefficient (Wildman–Crippen LogP) is 0.284. The number of aliphatic hydroxyl groups excluding tert-OH is 1. The third-order valence-electron chi connectivity index (χ3n) is 3.41. The van der Waals surface area contributed by atoms with Crippen LogP contribution in [0.5, 0.6) is 11.5 Å². The molecule has 1 aromatic rings. The van der Waals surface area contributed by atoms with Gasteiger partial charge in [-0.1, -0.05) is 0 Å². The fraction of sp³-hybridized carbons (Fsp3) is 0.500. The summed E-state index contributed by atoms with van der Waals surface area (Å²) in [4.78, 5) is 13.9. The van der Waals surface area contributed by atoms with Crippen LogP contribution in [-0.4, -0.2) is 58.4 Å². The summed E-state index contributed by atoms with van der Waals surface area (Å²) in [6.07, 6.45) is 2.08. The molecule has 1 saturated heterocycles. The highest BCUT2D eigenvalue weighted by atomic mass is 16.3. The van der Waals surface area contributed by atoms with Crippen molar-refractivity contribution in [1.29, 1.82) is 0 Å². The highest BCUT2D eigenvalue weighted by Crippen LogP contribution is 2.21. The topological polar surface area (TPSA) is 93.0 Å². The van der Waals surface area contributed by atoms with Crippen LogP contribution in [0.25, 0.3) is 0 Å². The number of hydrogen-bond donors (Lipinski definition) is 4. The summed E-state index contributed by atoms with van der Waals surface area (Å²) in [7, 11) is 0. The minimum absolute atomic E-state index is 0.122. The van der Waals surface area contributed by atoms with Gasteiger partial charge in [-0.15, -0.1) is 0 Å². The third-order valence-corrected chi connectivity index (χ3v) is 3.41. The number of rotatable bonds is 5. The molecule has 0 spiro atoms. The van der Waals surface area contributed by atoms with E-state index < -0.39 is 0 Å². The molecule has 0 aliphatic carbocycles. The Hall–Kier alpha value is -1.79. The highest BCUT2D eigenvalue weighted by Gasteiger charge is 2.22. The summed E-state index contributed by atoms with van der Waals surface area (Å²) < 4.78 is 0. The van der Waals surface area contributed by atoms with Crippen molar-refractivity contribution in [2.75, 3.05) is 26.2 Å². The fourth-order valence-electron chi connectivity index (χ4n) is 2.48. The smallest absolute Gasteiger partial charge is 0.254 e. The van der Waals surface area contributed by atoms with Crippen molar-refractivity contribution in [2.45, 2.75) is 18.9 Å². The quantitative estimate of drug-likeness (QED) is 0.622. The molecule has 1 heterocycles. The van der Waals surface area contributed by atoms with E-state index in [9.17, 15) is 15.0 Å². The summed E-state index contributed by atoms with van der Waals surface area (Å²) in [6, 6.07) is 4.03. The largest absolute Gasteiger partial charge is 0.508 e. The van der Waals surface area contributed by atoms with Crippen LogP contribution in [0.15, 0.2) is 18.2 Å². The lowest BCUT2D eigenvalue weighted by molar-refractivity contribution is 0.0706. The number of nitrogens with zero attached hydrogens (tertiary/aromatic N) is 1. The van der Waals surface area contributed by atoms with E-state index in [0.29, 0.717) is 6.54 Å². The Balaban J connectivity index is 2.12. The zero-order valence-electron chi connectivity index (χ0n) is 11.2. The third kappa shape index (κ3) is 3.61. The number of hydrogen-bond acceptors (Lipinski definition) is 5. The minimum Gasteiger partial charge on any atom is -0.508 e. The van der Waals surface area contributed by atoms with Crippen LogP contribution in [0.4, 0.5) is 0 Å². The second-order valence-electron chi connectivity index (χ2n) is 5.01. The van der Waals surface area contributed by atoms with E-state index in [4.69, 9.17) is 5.11 Å². The number of aliphatic hydroxyl groups is 1. The lowest BCUT2D eigenvalue weighted by Gasteiger charge is -2.25. The number of carbonyl (C=O) groups is 1. The zero-order valence-corrected chi connectivity index (χ0v) is 11.2. The SMILES string of the molecule is O=C(c1cc(O)cc(O)c1)N(CCO)CC1CCCN1. The maximum Gasteiger partial charge on any atom is 0.254 e. The Morgan fingerprint density at radius 1 is 1.30 bits per heavy atom. The maximum atomic E-state index is 12.4. The van der Waals surface area contributed by atoms with Gasteiger partial charge in [-0.05, 0) is 31.5 Å². The lowest BCUT2D eigenvalue weighted by atomic mass is 10.1. The van der Waals surface area contributed by atoms with Crippen molar-refractivity contribution >= 4 is 5.91 Å². The number of phenols is 2. The van der Waals surface area contributed by atoms with E-state index in [2.05, 4.69) is 5.32 Å². The molecule has 0 radical (unpaired) electrons. The molecule has 2 rings (SSSR count). The molecular formula is C14H20N2O4. The normalized spacial score (nSPS) is 18.1. The molecule has 0 aromatic heterocycles. The number of phenolic OH excluding ortho intramolecular Hbond substituents is 2. The Kier molecular flexibility index (Phi) is 4.81. The molecule has 110 valence electrons. The van der Waals surface area contributed by atoms with Gasteiger partial charge in [0, 0.05) is 30.8 Å². The van der Waals surface area contributed by atoms with Crippen molar-refractivity contribution < 1.29 is 20.1 Å². The van der Waals surface area contributed by atoms with E-state index >= 15 is 0 Å². The first-order chi connectivity index (χ1) is 9.60. The van der Waals surface area contributed by atoms with E-state index in [1.165, 1.54) is 23.1 Å². The minimum atomic E-state index is -0.307. The second-order valence-corrected chi connectivity index (χ2v) is 5.01. The van der Waals surface area contributed by atoms with Gasteiger partial charge in [0.25, 0.3) is 5.91 Å². The van der Waals surface area contributed by atoms with Crippen molar-refractivity contribution in [1.82, 2.24) is 10.2 Å². The fourth-order valence-corrected chi connectivity index (χ4v) is 2.48. The number of nitrogens with one attached hydrogen (secondary N) is 1. The number of amides is 1. The zero-order chi connectivity index (χ0) is 14.5. The van der Waals surface area contributed by atoms with E-state index in [0.717, 1.165) is 19.4 Å². The number of benzene rings is 1. The maximum absolute atomic E-state index is 12.4. The summed E-state index contributed by atoms with van der Waals surface area (Å²) in [5.41, 5.74) is 0.217. The van der Waals surface area contributed by atoms with Crippen LogP contribution >= 0.6 is 0 Å². The predicted molar refractivity (Wildman–Crippen MR) is 73.8 cm³/mol. The van der Waals surface area contributed by atoms with Gasteiger partial charge in [0.15, 0.2) is 0 Å². The highest BCUT2D eigenvalue weighted by molar-refractivity contribution is 5.95. The summed E-state index contributed by atoms with van der Waals surface area (Å²) in [5.74, 6) is -0.619. The molecule has 0 saturated carbocycles. The molecule has 1 fully saturated rings. The summed E-state index contributed by atoms with van der Waals surface area (Å²) in [5, 5.41) is 31.3. The number of aromatic hydroxyl groups is 2. The van der Waals surface area contributed by atoms with E-state index in [1.807, 2.05) is 0 Å². The van der Waals surface area contributed by atoms with Gasteiger partial charge in [0.05, 0.1) is 6.61 Å². The van der Waals surface area contributed by atoms with Crippen molar-refractivity contribution in [3.63, 3.8) is 0 Å². The Labute approximate surface area is 117 Å². The van der Waals surface area contributed by atoms with Gasteiger partial charge in [-0.3, -0.25) is 4.79 Å². The molecule has 1 amide bonds. The monoisotopic (exact) mass is 280 g/mol. The van der Waals surface area contributed by atoms with Gasteiger partial charge < -0.3 is 25.5 Å². The first-order valence-corrected chi connectivity index (χ1v) is 6.76. The van der Waals surface area contributed by atoms with Gasteiger partial charge in [0.1, 0.15) is 11.5 Å². The van der Waals surface area contributed by atoms with Crippen LogP contribution in [0.3, 0.4) is 0 Å². The first-order valence-electron chi connectivity index (χ1n) is 6.76. The van der Waals surface area contributed by atoms with Crippen LogP contribution in [0.1, 0.15) is 23.2 Å². The van der Waals surface area contributed by atoms with Gasteiger partial charge in [0.2, 0.25) is 0 Å². The summed E-state index contributed by atoms with van der Waals surface area (Å²) >= 11 is 0. The van der Waals surface area contributed by atoms with Gasteiger partial charge >= 0.3 is 0 Å². The van der Waals surface area contributed by atoms with Crippen LogP contribution in [0, 0.1) is 0 Å². The summed E-state index contributed by atoms with van der Waals surface area (Å²) in [6.45, 7) is 1.56. The second kappa shape index (κ2) is 6.58. The van der Waals surface area contributed by atoms with Crippen molar-refractivity contribution in [2.24, 2.45) is 0 Å². The average Bonchev–Trinajstić information content (AvgIpc) is 2.89. The molecule has 6 heteroatoms. The molecule has 1 unspecified atom stereocenters. The van der Waals surface area contributed by atoms with Gasteiger partial charge in [-0.2, -0.15) is 0 Å². The molecule has 6 nitrogen and oxygen atoms in total. The standard InChI is InChI=1S/C14H20N2O4/c17-5-4-16(9-11-2-1-3-15-11)14(20)10-6-12(18)8-13(19)7-10/h6-8,11,15,17-19H,1-5,9H2. The van der Waals surface area contributed by atoms with Crippen molar-refractivity contribution in [3.8, 4) is 11.5 Å². The van der Waals surface area contributed by atoms with Crippen LogP contribution < -0.4 is 5.32 Å². The average molecular weight is 280 g/mol. The molecule has 1 aliphatic heterocycles. The molecule has 1 aliphatic rings. The molecule has 20 heavy (non-hydrogen) atoms. The molecule has 0 bridgehead atoms. The molecular weight excluding hydrogens is 260 g/mol. The van der Waals surface area contributed by atoms with Crippen molar-refractivity contribution in [3.05, 3.63) is 23.8 Å².